The van der Waals surface area contributed by atoms with Crippen molar-refractivity contribution in [1.29, 1.82) is 0 Å². The fourth-order valence-corrected chi connectivity index (χ4v) is 3.37. The molecule has 134 valence electrons. The van der Waals surface area contributed by atoms with Crippen LogP contribution in [0.3, 0.4) is 0 Å². The molecule has 1 saturated heterocycles. The summed E-state index contributed by atoms with van der Waals surface area (Å²) in [6.45, 7) is 2.99. The molecule has 0 unspecified atom stereocenters. The predicted molar refractivity (Wildman–Crippen MR) is 97.8 cm³/mol. The van der Waals surface area contributed by atoms with E-state index in [-0.39, 0.29) is 0 Å². The maximum absolute atomic E-state index is 5.40. The van der Waals surface area contributed by atoms with Gasteiger partial charge in [-0.1, -0.05) is 23.4 Å². The molecule has 0 radical (unpaired) electrons. The molecule has 0 spiro atoms. The van der Waals surface area contributed by atoms with E-state index >= 15 is 0 Å². The van der Waals surface area contributed by atoms with Gasteiger partial charge in [-0.05, 0) is 55.8 Å². The first kappa shape index (κ1) is 16.7. The highest BCUT2D eigenvalue weighted by molar-refractivity contribution is 5.45. The zero-order chi connectivity index (χ0) is 17.8. The average molecular weight is 350 g/mol. The van der Waals surface area contributed by atoms with E-state index in [1.54, 1.807) is 13.3 Å². The number of rotatable bonds is 5. The van der Waals surface area contributed by atoms with Crippen molar-refractivity contribution in [1.82, 2.24) is 20.0 Å². The van der Waals surface area contributed by atoms with Crippen LogP contribution in [0.25, 0.3) is 11.6 Å². The van der Waals surface area contributed by atoms with Gasteiger partial charge in [0, 0.05) is 18.7 Å². The van der Waals surface area contributed by atoms with Gasteiger partial charge in [0.2, 0.25) is 0 Å². The lowest BCUT2D eigenvalue weighted by atomic mass is 9.96. The fraction of sp³-hybridized carbons (Fsp3) is 0.350. The van der Waals surface area contributed by atoms with E-state index in [0.717, 1.165) is 49.7 Å². The van der Waals surface area contributed by atoms with Crippen LogP contribution < -0.4 is 4.74 Å². The summed E-state index contributed by atoms with van der Waals surface area (Å²) in [5.74, 6) is 2.55. The first-order valence-electron chi connectivity index (χ1n) is 8.92. The van der Waals surface area contributed by atoms with Gasteiger partial charge in [0.1, 0.15) is 11.4 Å². The average Bonchev–Trinajstić information content (AvgIpc) is 3.20. The van der Waals surface area contributed by atoms with Gasteiger partial charge in [0.25, 0.3) is 5.89 Å². The zero-order valence-electron chi connectivity index (χ0n) is 14.8. The van der Waals surface area contributed by atoms with Crippen LogP contribution in [0.5, 0.6) is 5.75 Å². The van der Waals surface area contributed by atoms with Gasteiger partial charge < -0.3 is 9.26 Å². The van der Waals surface area contributed by atoms with Gasteiger partial charge in [0.05, 0.1) is 7.11 Å². The minimum absolute atomic E-state index is 0.345. The van der Waals surface area contributed by atoms with Crippen molar-refractivity contribution in [3.05, 3.63) is 60.0 Å². The van der Waals surface area contributed by atoms with E-state index in [0.29, 0.717) is 11.8 Å². The normalized spacial score (nSPS) is 15.9. The Hall–Kier alpha value is -2.73. The number of pyridine rings is 1. The number of methoxy groups -OCH3 is 1. The van der Waals surface area contributed by atoms with Crippen molar-refractivity contribution in [2.45, 2.75) is 25.3 Å². The molecular formula is C20H22N4O2. The van der Waals surface area contributed by atoms with E-state index in [4.69, 9.17) is 9.26 Å². The summed E-state index contributed by atoms with van der Waals surface area (Å²) < 4.78 is 10.7. The molecule has 6 nitrogen and oxygen atoms in total. The number of aromatic nitrogens is 3. The van der Waals surface area contributed by atoms with Gasteiger partial charge in [-0.25, -0.2) is 0 Å². The van der Waals surface area contributed by atoms with Gasteiger partial charge in [-0.2, -0.15) is 4.98 Å². The van der Waals surface area contributed by atoms with Crippen LogP contribution in [0.15, 0.2) is 53.2 Å². The molecule has 0 aliphatic carbocycles. The number of hydrogen-bond acceptors (Lipinski definition) is 6. The maximum atomic E-state index is 5.40. The van der Waals surface area contributed by atoms with Crippen molar-refractivity contribution in [2.24, 2.45) is 0 Å². The molecule has 3 heterocycles. The third kappa shape index (κ3) is 3.75. The number of hydrogen-bond donors (Lipinski definition) is 0. The quantitative estimate of drug-likeness (QED) is 0.701. The van der Waals surface area contributed by atoms with Crippen LogP contribution in [-0.2, 0) is 6.54 Å². The molecule has 0 bridgehead atoms. The minimum atomic E-state index is 0.345. The molecule has 1 aromatic carbocycles. The number of piperidine rings is 1. The third-order valence-electron chi connectivity index (χ3n) is 4.82. The molecule has 4 rings (SSSR count). The van der Waals surface area contributed by atoms with Gasteiger partial charge in [-0.15, -0.1) is 0 Å². The van der Waals surface area contributed by atoms with Crippen LogP contribution in [0.2, 0.25) is 0 Å². The van der Waals surface area contributed by atoms with E-state index in [9.17, 15) is 0 Å². The van der Waals surface area contributed by atoms with Crippen molar-refractivity contribution < 1.29 is 9.26 Å². The van der Waals surface area contributed by atoms with E-state index in [1.165, 1.54) is 5.56 Å². The Morgan fingerprint density at radius 2 is 2.04 bits per heavy atom. The second-order valence-corrected chi connectivity index (χ2v) is 6.57. The maximum Gasteiger partial charge on any atom is 0.276 e. The molecule has 26 heavy (non-hydrogen) atoms. The van der Waals surface area contributed by atoms with Gasteiger partial charge in [0.15, 0.2) is 5.82 Å². The SMILES string of the molecule is COc1cccc(CN2CCC(c3noc(-c4ccccn4)n3)CC2)c1. The van der Waals surface area contributed by atoms with Crippen molar-refractivity contribution in [3.63, 3.8) is 0 Å². The van der Waals surface area contributed by atoms with E-state index in [1.807, 2.05) is 30.3 Å². The summed E-state index contributed by atoms with van der Waals surface area (Å²) in [5.41, 5.74) is 2.00. The van der Waals surface area contributed by atoms with Crippen molar-refractivity contribution in [3.8, 4) is 17.3 Å². The molecule has 0 N–H and O–H groups in total. The van der Waals surface area contributed by atoms with Crippen LogP contribution >= 0.6 is 0 Å². The topological polar surface area (TPSA) is 64.3 Å². The van der Waals surface area contributed by atoms with Crippen LogP contribution in [0.1, 0.15) is 30.1 Å². The molecule has 1 aliphatic heterocycles. The molecular weight excluding hydrogens is 328 g/mol. The smallest absolute Gasteiger partial charge is 0.276 e. The predicted octanol–water partition coefficient (Wildman–Crippen LogP) is 3.52. The summed E-state index contributed by atoms with van der Waals surface area (Å²) in [6.07, 6.45) is 3.80. The van der Waals surface area contributed by atoms with Gasteiger partial charge in [-0.3, -0.25) is 9.88 Å². The lowest BCUT2D eigenvalue weighted by Crippen LogP contribution is -2.32. The lowest BCUT2D eigenvalue weighted by molar-refractivity contribution is 0.200. The standard InChI is InChI=1S/C20H22N4O2/c1-25-17-6-4-5-15(13-17)14-24-11-8-16(9-12-24)19-22-20(26-23-19)18-7-2-3-10-21-18/h2-7,10,13,16H,8-9,11-12,14H2,1H3. The molecule has 3 aromatic rings. The Kier molecular flexibility index (Phi) is 4.93. The van der Waals surface area contributed by atoms with E-state index in [2.05, 4.69) is 32.2 Å². The van der Waals surface area contributed by atoms with Crippen molar-refractivity contribution >= 4 is 0 Å². The molecule has 2 aromatic heterocycles. The lowest BCUT2D eigenvalue weighted by Gasteiger charge is -2.30. The van der Waals surface area contributed by atoms with Crippen molar-refractivity contribution in [2.75, 3.05) is 20.2 Å². The second kappa shape index (κ2) is 7.66. The molecule has 0 saturated carbocycles. The first-order valence-corrected chi connectivity index (χ1v) is 8.92. The molecule has 6 heteroatoms. The Labute approximate surface area is 152 Å². The highest BCUT2D eigenvalue weighted by Gasteiger charge is 2.25. The number of likely N-dealkylation sites (tertiary alicyclic amines) is 1. The monoisotopic (exact) mass is 350 g/mol. The summed E-state index contributed by atoms with van der Waals surface area (Å²) >= 11 is 0. The second-order valence-electron chi connectivity index (χ2n) is 6.57. The largest absolute Gasteiger partial charge is 0.497 e. The first-order chi connectivity index (χ1) is 12.8. The molecule has 1 fully saturated rings. The summed E-state index contributed by atoms with van der Waals surface area (Å²) in [4.78, 5) is 11.3. The van der Waals surface area contributed by atoms with Crippen LogP contribution in [-0.4, -0.2) is 40.2 Å². The zero-order valence-corrected chi connectivity index (χ0v) is 14.8. The number of benzene rings is 1. The number of ether oxygens (including phenoxy) is 1. The Bertz CT molecular complexity index is 842. The summed E-state index contributed by atoms with van der Waals surface area (Å²) in [5, 5.41) is 4.19. The fourth-order valence-electron chi connectivity index (χ4n) is 3.37. The Balaban J connectivity index is 1.36. The Morgan fingerprint density at radius 1 is 1.15 bits per heavy atom. The summed E-state index contributed by atoms with van der Waals surface area (Å²) in [6, 6.07) is 13.9. The molecule has 0 amide bonds. The van der Waals surface area contributed by atoms with Crippen LogP contribution in [0.4, 0.5) is 0 Å². The minimum Gasteiger partial charge on any atom is -0.497 e. The molecule has 0 atom stereocenters. The highest BCUT2D eigenvalue weighted by Crippen LogP contribution is 2.28. The van der Waals surface area contributed by atoms with Gasteiger partial charge >= 0.3 is 0 Å². The Morgan fingerprint density at radius 3 is 2.81 bits per heavy atom. The van der Waals surface area contributed by atoms with Crippen LogP contribution in [0, 0.1) is 0 Å². The molecule has 1 aliphatic rings. The van der Waals surface area contributed by atoms with E-state index < -0.39 is 0 Å². The third-order valence-corrected chi connectivity index (χ3v) is 4.82. The summed E-state index contributed by atoms with van der Waals surface area (Å²) in [7, 11) is 1.70. The highest BCUT2D eigenvalue weighted by atomic mass is 16.5. The number of nitrogens with zero attached hydrogens (tertiary/aromatic N) is 4.